The number of benzene rings is 2. The Morgan fingerprint density at radius 1 is 1.04 bits per heavy atom. The lowest BCUT2D eigenvalue weighted by Crippen LogP contribution is -2.12. The van der Waals surface area contributed by atoms with Crippen LogP contribution in [0.1, 0.15) is 56.1 Å². The van der Waals surface area contributed by atoms with Crippen LogP contribution in [0.5, 0.6) is 0 Å². The van der Waals surface area contributed by atoms with Crippen LogP contribution < -0.4 is 5.32 Å². The maximum Gasteiger partial charge on any atom is 0.437 e. The van der Waals surface area contributed by atoms with Crippen LogP contribution in [-0.2, 0) is 4.84 Å². The first-order valence-electron chi connectivity index (χ1n) is 9.00. The quantitative estimate of drug-likeness (QED) is 0.386. The van der Waals surface area contributed by atoms with E-state index in [4.69, 9.17) is 16.4 Å². The summed E-state index contributed by atoms with van der Waals surface area (Å²) in [6, 6.07) is 15.2. The van der Waals surface area contributed by atoms with Crippen molar-refractivity contribution in [3.8, 4) is 0 Å². The first-order chi connectivity index (χ1) is 12.6. The molecule has 5 heteroatoms. The zero-order valence-electron chi connectivity index (χ0n) is 14.9. The number of nitrogens with one attached hydrogen (secondary N) is 1. The van der Waals surface area contributed by atoms with Crippen molar-refractivity contribution in [1.82, 2.24) is 0 Å². The number of hydrogen-bond donors (Lipinski definition) is 1. The van der Waals surface area contributed by atoms with Crippen molar-refractivity contribution in [2.45, 2.75) is 44.9 Å². The summed E-state index contributed by atoms with van der Waals surface area (Å²) in [5.74, 6) is 0.677. The molecule has 1 fully saturated rings. The SMILES string of the molecule is C/C(=N\OC(=O)Nc1ccc(Cl)cc1)c1ccc(C2CCCCC2)cc1. The highest BCUT2D eigenvalue weighted by molar-refractivity contribution is 6.30. The molecule has 0 heterocycles. The summed E-state index contributed by atoms with van der Waals surface area (Å²) in [5, 5.41) is 7.14. The molecule has 0 bridgehead atoms. The van der Waals surface area contributed by atoms with Gasteiger partial charge in [0.15, 0.2) is 0 Å². The number of halogens is 1. The third-order valence-electron chi connectivity index (χ3n) is 4.76. The summed E-state index contributed by atoms with van der Waals surface area (Å²) in [5.41, 5.74) is 3.60. The summed E-state index contributed by atoms with van der Waals surface area (Å²) < 4.78 is 0. The van der Waals surface area contributed by atoms with Gasteiger partial charge in [-0.3, -0.25) is 10.2 Å². The smallest absolute Gasteiger partial charge is 0.298 e. The van der Waals surface area contributed by atoms with Gasteiger partial charge in [-0.05, 0) is 61.1 Å². The third kappa shape index (κ3) is 5.09. The van der Waals surface area contributed by atoms with Crippen LogP contribution in [-0.4, -0.2) is 11.8 Å². The highest BCUT2D eigenvalue weighted by Crippen LogP contribution is 2.32. The Bertz CT molecular complexity index is 764. The van der Waals surface area contributed by atoms with Gasteiger partial charge in [0.2, 0.25) is 0 Å². The minimum Gasteiger partial charge on any atom is -0.298 e. The minimum atomic E-state index is -0.634. The van der Waals surface area contributed by atoms with Gasteiger partial charge in [-0.15, -0.1) is 0 Å². The zero-order valence-corrected chi connectivity index (χ0v) is 15.6. The second-order valence-corrected chi connectivity index (χ2v) is 7.08. The number of amides is 1. The molecule has 1 amide bonds. The van der Waals surface area contributed by atoms with Crippen LogP contribution in [0.4, 0.5) is 10.5 Å². The van der Waals surface area contributed by atoms with E-state index < -0.39 is 6.09 Å². The van der Waals surface area contributed by atoms with E-state index in [0.717, 1.165) is 5.56 Å². The fraction of sp³-hybridized carbons (Fsp3) is 0.333. The van der Waals surface area contributed by atoms with Crippen LogP contribution >= 0.6 is 11.6 Å². The molecule has 0 aliphatic heterocycles. The predicted octanol–water partition coefficient (Wildman–Crippen LogP) is 6.36. The molecule has 2 aromatic carbocycles. The van der Waals surface area contributed by atoms with Gasteiger partial charge in [0, 0.05) is 10.7 Å². The Morgan fingerprint density at radius 2 is 1.69 bits per heavy atom. The summed E-state index contributed by atoms with van der Waals surface area (Å²) in [6.45, 7) is 1.82. The van der Waals surface area contributed by atoms with Crippen LogP contribution in [0, 0.1) is 0 Å². The van der Waals surface area contributed by atoms with Crippen LogP contribution in [0.3, 0.4) is 0 Å². The van der Waals surface area contributed by atoms with Crippen LogP contribution in [0.15, 0.2) is 53.7 Å². The van der Waals surface area contributed by atoms with Crippen molar-refractivity contribution in [1.29, 1.82) is 0 Å². The van der Waals surface area contributed by atoms with Crippen molar-refractivity contribution in [2.24, 2.45) is 5.16 Å². The van der Waals surface area contributed by atoms with E-state index in [2.05, 4.69) is 22.6 Å². The van der Waals surface area contributed by atoms with E-state index in [1.54, 1.807) is 24.3 Å². The Labute approximate surface area is 159 Å². The molecule has 136 valence electrons. The number of anilines is 1. The molecule has 0 radical (unpaired) electrons. The van der Waals surface area contributed by atoms with Crippen LogP contribution in [0.2, 0.25) is 5.02 Å². The fourth-order valence-electron chi connectivity index (χ4n) is 3.27. The molecule has 1 aliphatic rings. The first-order valence-corrected chi connectivity index (χ1v) is 9.38. The standard InChI is InChI=1S/C21H23ClN2O2/c1-15(24-26-21(25)23-20-13-11-19(22)12-14-20)16-7-9-18(10-8-16)17-5-3-2-4-6-17/h7-14,17H,2-6H2,1H3,(H,23,25)/b24-15+. The van der Waals surface area contributed by atoms with Crippen molar-refractivity contribution >= 4 is 29.1 Å². The van der Waals surface area contributed by atoms with Crippen LogP contribution in [0.25, 0.3) is 0 Å². The van der Waals surface area contributed by atoms with E-state index in [0.29, 0.717) is 22.3 Å². The lowest BCUT2D eigenvalue weighted by molar-refractivity contribution is 0.166. The van der Waals surface area contributed by atoms with Gasteiger partial charge < -0.3 is 0 Å². The molecular formula is C21H23ClN2O2. The molecule has 1 aliphatic carbocycles. The summed E-state index contributed by atoms with van der Waals surface area (Å²) in [6.07, 6.45) is 5.93. The second-order valence-electron chi connectivity index (χ2n) is 6.64. The average Bonchev–Trinajstić information content (AvgIpc) is 2.69. The summed E-state index contributed by atoms with van der Waals surface area (Å²) in [4.78, 5) is 16.8. The third-order valence-corrected chi connectivity index (χ3v) is 5.01. The van der Waals surface area contributed by atoms with E-state index in [9.17, 15) is 4.79 Å². The highest BCUT2D eigenvalue weighted by Gasteiger charge is 2.15. The van der Waals surface area contributed by atoms with Gasteiger partial charge in [0.05, 0.1) is 5.71 Å². The molecule has 1 saturated carbocycles. The number of hydrogen-bond acceptors (Lipinski definition) is 3. The van der Waals surface area contributed by atoms with Gasteiger partial charge in [-0.2, -0.15) is 0 Å². The normalized spacial score (nSPS) is 15.5. The Hall–Kier alpha value is -2.33. The van der Waals surface area contributed by atoms with E-state index in [1.165, 1.54) is 37.7 Å². The minimum absolute atomic E-state index is 0.601. The zero-order chi connectivity index (χ0) is 18.4. The predicted molar refractivity (Wildman–Crippen MR) is 106 cm³/mol. The van der Waals surface area contributed by atoms with Gasteiger partial charge >= 0.3 is 6.09 Å². The molecule has 0 atom stereocenters. The number of carbonyl (C=O) groups excluding carboxylic acids is 1. The number of nitrogens with zero attached hydrogens (tertiary/aromatic N) is 1. The molecule has 2 aromatic rings. The monoisotopic (exact) mass is 370 g/mol. The largest absolute Gasteiger partial charge is 0.437 e. The van der Waals surface area contributed by atoms with Gasteiger partial charge in [0.1, 0.15) is 0 Å². The Balaban J connectivity index is 1.56. The van der Waals surface area contributed by atoms with E-state index >= 15 is 0 Å². The van der Waals surface area contributed by atoms with Gasteiger partial charge in [0.25, 0.3) is 0 Å². The summed E-state index contributed by atoms with van der Waals surface area (Å²) in [7, 11) is 0. The lowest BCUT2D eigenvalue weighted by atomic mass is 9.84. The Morgan fingerprint density at radius 3 is 2.35 bits per heavy atom. The molecule has 3 rings (SSSR count). The topological polar surface area (TPSA) is 50.7 Å². The highest BCUT2D eigenvalue weighted by atomic mass is 35.5. The fourth-order valence-corrected chi connectivity index (χ4v) is 3.39. The molecule has 4 nitrogen and oxygen atoms in total. The maximum absolute atomic E-state index is 11.8. The van der Waals surface area contributed by atoms with Gasteiger partial charge in [-0.1, -0.05) is 60.3 Å². The number of rotatable bonds is 4. The molecule has 0 unspecified atom stereocenters. The molecule has 0 spiro atoms. The first kappa shape index (κ1) is 18.5. The number of carbonyl (C=O) groups is 1. The molecule has 26 heavy (non-hydrogen) atoms. The van der Waals surface area contributed by atoms with Crippen molar-refractivity contribution < 1.29 is 9.63 Å². The second kappa shape index (κ2) is 8.86. The maximum atomic E-state index is 11.8. The Kier molecular flexibility index (Phi) is 6.29. The molecule has 0 aromatic heterocycles. The van der Waals surface area contributed by atoms with Crippen molar-refractivity contribution in [2.75, 3.05) is 5.32 Å². The number of oxime groups is 1. The average molecular weight is 371 g/mol. The molecule has 0 saturated heterocycles. The van der Waals surface area contributed by atoms with Crippen molar-refractivity contribution in [3.05, 3.63) is 64.7 Å². The van der Waals surface area contributed by atoms with E-state index in [1.807, 2.05) is 19.1 Å². The molecular weight excluding hydrogens is 348 g/mol. The molecule has 1 N–H and O–H groups in total. The lowest BCUT2D eigenvalue weighted by Gasteiger charge is -2.22. The van der Waals surface area contributed by atoms with Gasteiger partial charge in [-0.25, -0.2) is 4.79 Å². The van der Waals surface area contributed by atoms with Crippen molar-refractivity contribution in [3.63, 3.8) is 0 Å². The summed E-state index contributed by atoms with van der Waals surface area (Å²) >= 11 is 5.81. The van der Waals surface area contributed by atoms with E-state index in [-0.39, 0.29) is 0 Å².